The molecule has 0 aromatic heterocycles. The highest BCUT2D eigenvalue weighted by atomic mass is 79.9. The molecule has 0 saturated heterocycles. The van der Waals surface area contributed by atoms with Crippen LogP contribution in [0.15, 0.2) is 75.4 Å². The predicted octanol–water partition coefficient (Wildman–Crippen LogP) is 4.27. The molecule has 0 aromatic carbocycles. The number of esters is 6. The number of hydrogen-bond donors (Lipinski definition) is 6. The second kappa shape index (κ2) is 29.3. The van der Waals surface area contributed by atoms with E-state index in [2.05, 4.69) is 77.2 Å². The first-order valence-corrected chi connectivity index (χ1v) is 22.4. The van der Waals surface area contributed by atoms with E-state index in [1.54, 1.807) is 24.3 Å². The number of allylic oxidation sites excluding steroid dienone is 7. The van der Waals surface area contributed by atoms with E-state index in [9.17, 15) is 57.5 Å². The quantitative estimate of drug-likeness (QED) is 0.0326. The number of carbonyl (C=O) groups excluding carboxylic acids is 6. The number of rotatable bonds is 20. The lowest BCUT2D eigenvalue weighted by Gasteiger charge is -2.10. The summed E-state index contributed by atoms with van der Waals surface area (Å²) in [4.78, 5) is 130. The van der Waals surface area contributed by atoms with E-state index in [-0.39, 0.29) is 40.0 Å². The first-order chi connectivity index (χ1) is 34.1. The van der Waals surface area contributed by atoms with Crippen molar-refractivity contribution in [3.05, 3.63) is 75.4 Å². The minimum absolute atomic E-state index is 0. The summed E-state index contributed by atoms with van der Waals surface area (Å²) in [5.74, 6) is -13.3. The molecule has 5 saturated carbocycles. The van der Waals surface area contributed by atoms with Crippen molar-refractivity contribution in [2.75, 3.05) is 48.0 Å². The minimum atomic E-state index is -1.57. The van der Waals surface area contributed by atoms with Crippen molar-refractivity contribution in [2.45, 2.75) is 46.0 Å². The lowest BCUT2D eigenvalue weighted by atomic mass is 10.0. The number of hydrogen-bond acceptors (Lipinski definition) is 18. The molecule has 0 amide bonds. The van der Waals surface area contributed by atoms with E-state index >= 15 is 0 Å². The van der Waals surface area contributed by atoms with Crippen molar-refractivity contribution in [1.29, 1.82) is 0 Å². The van der Waals surface area contributed by atoms with Gasteiger partial charge in [-0.25, -0.2) is 0 Å². The Morgan fingerprint density at radius 2 is 0.635 bits per heavy atom. The zero-order valence-electron chi connectivity index (χ0n) is 40.9. The average Bonchev–Trinajstić information content (AvgIpc) is 4.16. The number of carboxylic acids is 6. The first-order valence-electron chi connectivity index (χ1n) is 21.3. The Hall–Kier alpha value is -7.44. The van der Waals surface area contributed by atoms with Crippen LogP contribution in [0.4, 0.5) is 0 Å². The average molecular weight is 1120 g/mol. The first kappa shape index (κ1) is 68.6. The van der Waals surface area contributed by atoms with Gasteiger partial charge in [0.05, 0.1) is 42.7 Å². The largest absolute Gasteiger partial charge is 0.480 e. The molecule has 25 heteroatoms. The summed E-state index contributed by atoms with van der Waals surface area (Å²) in [6, 6.07) is 0. The van der Waals surface area contributed by atoms with Gasteiger partial charge in [0.15, 0.2) is 33.0 Å². The molecule has 6 N–H and O–H groups in total. The van der Waals surface area contributed by atoms with Gasteiger partial charge in [-0.2, -0.15) is 0 Å². The Morgan fingerprint density at radius 3 is 0.757 bits per heavy atom. The van der Waals surface area contributed by atoms with Crippen molar-refractivity contribution in [3.63, 3.8) is 0 Å². The third kappa shape index (κ3) is 14.8. The molecular formula is C49H67BrO24. The maximum absolute atomic E-state index is 11.3. The molecule has 0 radical (unpaired) electrons. The number of aliphatic carboxylic acids is 6. The van der Waals surface area contributed by atoms with Crippen LogP contribution < -0.4 is 0 Å². The van der Waals surface area contributed by atoms with Crippen LogP contribution in [0, 0.1) is 62.6 Å². The van der Waals surface area contributed by atoms with Crippen LogP contribution in [0.1, 0.15) is 47.4 Å². The summed E-state index contributed by atoms with van der Waals surface area (Å²) >= 11 is 3.19. The topological polar surface area (TPSA) is 382 Å². The van der Waals surface area contributed by atoms with Gasteiger partial charge in [0.2, 0.25) is 0 Å². The van der Waals surface area contributed by atoms with Crippen LogP contribution >= 0.6 is 15.9 Å². The summed E-state index contributed by atoms with van der Waals surface area (Å²) in [5, 5.41) is 52.0. The van der Waals surface area contributed by atoms with Gasteiger partial charge in [-0.3, -0.25) is 57.5 Å². The fourth-order valence-corrected chi connectivity index (χ4v) is 7.58. The molecule has 5 aliphatic rings. The zero-order chi connectivity index (χ0) is 57.0. The van der Waals surface area contributed by atoms with Crippen LogP contribution in [0.5, 0.6) is 0 Å². The van der Waals surface area contributed by atoms with E-state index < -0.39 is 122 Å². The fraction of sp³-hybridized carbons (Fsp3) is 0.510. The van der Waals surface area contributed by atoms with E-state index in [4.69, 9.17) is 30.6 Å². The molecule has 0 heterocycles. The molecular weight excluding hydrogens is 1050 g/mol. The SMILES string of the molecule is C.C=CC1CC1(C(=O)O)C(=O)O.C=CC1CC1(C(=O)OC)C(=O)OC.C=C[C@@H]1CC1(C(=O)O)C(=O)O.C=C[C@@H]1CC1(C(=O)OC)C(=O)OC.C=C[C@H]1CC1(C(=O)O)C(=O)O.COC(=O)C(C/C=C/CBr)C(=O)OC.[3HH]. The number of halogens is 1. The van der Waals surface area contributed by atoms with Gasteiger partial charge in [0, 0.05) is 36.3 Å². The molecule has 414 valence electrons. The Kier molecular flexibility index (Phi) is 27.2. The monoisotopic (exact) mass is 1120 g/mol. The lowest BCUT2D eigenvalue weighted by Crippen LogP contribution is -2.30. The smallest absolute Gasteiger partial charge is 0.323 e. The molecule has 0 aliphatic heterocycles. The molecule has 2 unspecified atom stereocenters. The maximum Gasteiger partial charge on any atom is 0.323 e. The summed E-state index contributed by atoms with van der Waals surface area (Å²) in [7, 11) is 7.51. The van der Waals surface area contributed by atoms with E-state index in [1.165, 1.54) is 60.9 Å². The molecule has 5 fully saturated rings. The lowest BCUT2D eigenvalue weighted by molar-refractivity contribution is -0.163. The number of alkyl halides is 1. The van der Waals surface area contributed by atoms with Crippen molar-refractivity contribution < 1.29 is 118 Å². The number of methoxy groups -OCH3 is 6. The molecule has 5 atom stereocenters. The van der Waals surface area contributed by atoms with Crippen molar-refractivity contribution in [1.82, 2.24) is 0 Å². The Balaban J connectivity index is -0.000000827. The minimum Gasteiger partial charge on any atom is -0.480 e. The van der Waals surface area contributed by atoms with Crippen LogP contribution in [-0.2, 0) is 86.0 Å². The third-order valence-electron chi connectivity index (χ3n) is 12.6. The molecule has 24 nitrogen and oxygen atoms in total. The summed E-state index contributed by atoms with van der Waals surface area (Å²) in [6.07, 6.45) is 12.5. The molecule has 0 bridgehead atoms. The molecule has 0 aromatic rings. The maximum atomic E-state index is 11.3. The highest BCUT2D eigenvalue weighted by Gasteiger charge is 2.69. The molecule has 5 rings (SSSR count). The summed E-state index contributed by atoms with van der Waals surface area (Å²) in [6.45, 7) is 17.1. The van der Waals surface area contributed by atoms with Crippen LogP contribution in [0.25, 0.3) is 0 Å². The van der Waals surface area contributed by atoms with Gasteiger partial charge >= 0.3 is 71.6 Å². The molecule has 74 heavy (non-hydrogen) atoms. The van der Waals surface area contributed by atoms with Gasteiger partial charge in [-0.05, 0) is 38.5 Å². The third-order valence-corrected chi connectivity index (χ3v) is 13.0. The second-order valence-electron chi connectivity index (χ2n) is 16.3. The van der Waals surface area contributed by atoms with E-state index in [0.717, 1.165) is 0 Å². The van der Waals surface area contributed by atoms with Gasteiger partial charge < -0.3 is 59.1 Å². The highest BCUT2D eigenvalue weighted by molar-refractivity contribution is 9.09. The Bertz CT molecular complexity index is 1970. The Labute approximate surface area is 436 Å². The molecule has 0 spiro atoms. The van der Waals surface area contributed by atoms with Crippen molar-refractivity contribution >= 4 is 87.6 Å². The normalized spacial score (nSPS) is 21.5. The molecule has 5 aliphatic carbocycles. The van der Waals surface area contributed by atoms with E-state index in [0.29, 0.717) is 24.6 Å². The summed E-state index contributed by atoms with van der Waals surface area (Å²) in [5.41, 5.74) is -6.91. The number of carboxylic acid groups (broad SMARTS) is 6. The van der Waals surface area contributed by atoms with Gasteiger partial charge in [0.25, 0.3) is 0 Å². The number of ether oxygens (including phenoxy) is 6. The summed E-state index contributed by atoms with van der Waals surface area (Å²) < 4.78 is 27.1. The Morgan fingerprint density at radius 1 is 0.432 bits per heavy atom. The predicted molar refractivity (Wildman–Crippen MR) is 261 cm³/mol. The van der Waals surface area contributed by atoms with Gasteiger partial charge in [0.1, 0.15) is 0 Å². The zero-order valence-corrected chi connectivity index (χ0v) is 42.5. The number of carbonyl (C=O) groups is 12. The van der Waals surface area contributed by atoms with Gasteiger partial charge in [-0.1, -0.05) is 65.9 Å². The van der Waals surface area contributed by atoms with Crippen molar-refractivity contribution in [3.8, 4) is 0 Å². The standard InChI is InChI=1S/C9H13BrO4.2C9H12O4.3C7H8O4.CH4.H2/c1-13-8(11)7(9(12)14-2)5-3-4-6-10;2*1-4-6-5-9(6,7(10)12-2)8(11)13-3;3*1-2-4-3-7(4,5(8)9)6(10)11;;/h3-4,7H,5-6H2,1-2H3;2*4,6H,1,5H2,2-3H3;3*2,4H,1,3H2,(H,8,9)(H,10,11);1H4;1H/b4-3+;;;;;;;/t;6-;;2*4-;;;/m.1.10.../s1/i;;;;;;;1+2. The van der Waals surface area contributed by atoms with Crippen LogP contribution in [-0.4, -0.2) is 150 Å². The highest BCUT2D eigenvalue weighted by Crippen LogP contribution is 2.57. The van der Waals surface area contributed by atoms with Crippen LogP contribution in [0.3, 0.4) is 0 Å². The van der Waals surface area contributed by atoms with Gasteiger partial charge in [-0.15, -0.1) is 32.9 Å². The van der Waals surface area contributed by atoms with Crippen molar-refractivity contribution in [2.24, 2.45) is 62.6 Å². The second-order valence-corrected chi connectivity index (χ2v) is 17.0. The van der Waals surface area contributed by atoms with E-state index in [1.807, 2.05) is 0 Å². The fourth-order valence-electron chi connectivity index (χ4n) is 7.31. The van der Waals surface area contributed by atoms with Crippen LogP contribution in [0.2, 0.25) is 0 Å².